The van der Waals surface area contributed by atoms with Gasteiger partial charge in [-0.05, 0) is 37.3 Å². The second-order valence-corrected chi connectivity index (χ2v) is 9.45. The Labute approximate surface area is 207 Å². The molecule has 1 saturated heterocycles. The zero-order chi connectivity index (χ0) is 25.0. The Hall–Kier alpha value is -4.05. The van der Waals surface area contributed by atoms with Crippen molar-refractivity contribution in [3.63, 3.8) is 0 Å². The molecule has 4 aromatic heterocycles. The number of aryl methyl sites for hydroxylation is 3. The van der Waals surface area contributed by atoms with E-state index in [4.69, 9.17) is 15.5 Å². The lowest BCUT2D eigenvalue weighted by molar-refractivity contribution is 0.0552. The van der Waals surface area contributed by atoms with E-state index in [9.17, 15) is 4.79 Å². The number of rotatable bonds is 5. The maximum absolute atomic E-state index is 12.6. The van der Waals surface area contributed by atoms with Crippen LogP contribution in [0.1, 0.15) is 40.6 Å². The van der Waals surface area contributed by atoms with E-state index in [0.29, 0.717) is 24.6 Å². The highest BCUT2D eigenvalue weighted by atomic mass is 16.5. The van der Waals surface area contributed by atoms with E-state index in [-0.39, 0.29) is 11.7 Å². The van der Waals surface area contributed by atoms with Gasteiger partial charge >= 0.3 is 0 Å². The van der Waals surface area contributed by atoms with Crippen LogP contribution in [0.5, 0.6) is 0 Å². The lowest BCUT2D eigenvalue weighted by atomic mass is 9.86. The third-order valence-corrected chi connectivity index (χ3v) is 7.25. The minimum absolute atomic E-state index is 0.0554. The number of nitrogens with two attached hydrogens (primary N) is 1. The van der Waals surface area contributed by atoms with Gasteiger partial charge in [0.15, 0.2) is 5.69 Å². The van der Waals surface area contributed by atoms with Gasteiger partial charge in [-0.15, -0.1) is 5.10 Å². The predicted octanol–water partition coefficient (Wildman–Crippen LogP) is 3.14. The summed E-state index contributed by atoms with van der Waals surface area (Å²) < 4.78 is 11.4. The van der Waals surface area contributed by atoms with Crippen molar-refractivity contribution in [2.45, 2.75) is 25.8 Å². The lowest BCUT2D eigenvalue weighted by Gasteiger charge is -2.33. The highest BCUT2D eigenvalue weighted by Gasteiger charge is 2.33. The number of ether oxygens (including phenoxy) is 1. The van der Waals surface area contributed by atoms with Crippen LogP contribution in [0.25, 0.3) is 33.3 Å². The molecular weight excluding hydrogens is 456 g/mol. The quantitative estimate of drug-likeness (QED) is 0.409. The molecule has 0 radical (unpaired) electrons. The number of hydrogen-bond donors (Lipinski definition) is 1. The number of hydrogen-bond acceptors (Lipinski definition) is 6. The number of carbonyl (C=O) groups is 1. The fourth-order valence-electron chi connectivity index (χ4n) is 5.70. The summed E-state index contributed by atoms with van der Waals surface area (Å²) in [6.45, 7) is 3.34. The topological polar surface area (TPSA) is 119 Å². The van der Waals surface area contributed by atoms with Crippen molar-refractivity contribution in [3.05, 3.63) is 59.5 Å². The number of pyridine rings is 1. The molecule has 1 fully saturated rings. The number of fused-ring (bicyclic) bond motifs is 3. The van der Waals surface area contributed by atoms with Crippen molar-refractivity contribution in [2.75, 3.05) is 13.2 Å². The lowest BCUT2D eigenvalue weighted by Crippen LogP contribution is -2.27. The molecule has 2 N–H and O–H groups in total. The molecule has 1 aliphatic rings. The summed E-state index contributed by atoms with van der Waals surface area (Å²) in [5, 5.41) is 12.9. The average molecular weight is 485 g/mol. The molecule has 1 aromatic carbocycles. The van der Waals surface area contributed by atoms with Crippen LogP contribution >= 0.6 is 0 Å². The molecule has 1 atom stereocenters. The summed E-state index contributed by atoms with van der Waals surface area (Å²) >= 11 is 0. The van der Waals surface area contributed by atoms with Crippen molar-refractivity contribution in [1.82, 2.24) is 34.3 Å². The summed E-state index contributed by atoms with van der Waals surface area (Å²) in [6.07, 6.45) is 3.65. The van der Waals surface area contributed by atoms with Gasteiger partial charge in [0, 0.05) is 39.1 Å². The molecule has 0 aliphatic carbocycles. The number of nitrogens with zero attached hydrogens (tertiary/aromatic N) is 7. The first kappa shape index (κ1) is 22.4. The first-order valence-electron chi connectivity index (χ1n) is 12.1. The Balaban J connectivity index is 1.72. The summed E-state index contributed by atoms with van der Waals surface area (Å²) in [5.41, 5.74) is 13.1. The van der Waals surface area contributed by atoms with E-state index in [1.165, 1.54) is 0 Å². The Morgan fingerprint density at radius 1 is 1.11 bits per heavy atom. The van der Waals surface area contributed by atoms with Gasteiger partial charge in [-0.1, -0.05) is 35.5 Å². The second kappa shape index (κ2) is 8.56. The van der Waals surface area contributed by atoms with Crippen LogP contribution in [0.2, 0.25) is 0 Å². The van der Waals surface area contributed by atoms with Gasteiger partial charge in [0.2, 0.25) is 0 Å². The molecule has 5 heterocycles. The normalized spacial score (nSPS) is 15.6. The van der Waals surface area contributed by atoms with Gasteiger partial charge in [-0.2, -0.15) is 5.10 Å². The molecular formula is C26H28N8O2. The van der Waals surface area contributed by atoms with Crippen LogP contribution in [0.4, 0.5) is 0 Å². The van der Waals surface area contributed by atoms with Crippen molar-refractivity contribution in [1.29, 1.82) is 0 Å². The molecule has 0 bridgehead atoms. The van der Waals surface area contributed by atoms with E-state index in [2.05, 4.69) is 50.3 Å². The molecule has 10 heteroatoms. The highest BCUT2D eigenvalue weighted by Crippen LogP contribution is 2.42. The second-order valence-electron chi connectivity index (χ2n) is 9.45. The fraction of sp³-hybridized carbons (Fsp3) is 0.346. The molecule has 1 amide bonds. The fourth-order valence-corrected chi connectivity index (χ4v) is 5.70. The maximum atomic E-state index is 12.6. The molecule has 5 aromatic rings. The largest absolute Gasteiger partial charge is 0.381 e. The SMILES string of the molecule is Cc1nnn(C)c1-c1cnc2c3c(c(C(N)=O)nn3C)n(C(c3ccccc3)C3CCOCC3)c2c1. The van der Waals surface area contributed by atoms with Crippen LogP contribution in [0, 0.1) is 12.8 Å². The van der Waals surface area contributed by atoms with Crippen molar-refractivity contribution < 1.29 is 9.53 Å². The number of aromatic nitrogens is 7. The third kappa shape index (κ3) is 3.40. The third-order valence-electron chi connectivity index (χ3n) is 7.25. The van der Waals surface area contributed by atoms with Crippen LogP contribution < -0.4 is 5.73 Å². The predicted molar refractivity (Wildman–Crippen MR) is 135 cm³/mol. The van der Waals surface area contributed by atoms with E-state index in [1.807, 2.05) is 33.3 Å². The molecule has 184 valence electrons. The van der Waals surface area contributed by atoms with E-state index in [1.54, 1.807) is 9.36 Å². The minimum atomic E-state index is -0.560. The molecule has 1 aliphatic heterocycles. The number of primary amides is 1. The van der Waals surface area contributed by atoms with Crippen molar-refractivity contribution in [3.8, 4) is 11.3 Å². The standard InChI is InChI=1S/C26H28N8O2/c1-15-22(33(3)31-29-15)18-13-19-20(28-14-18)24-25(21(26(27)35)30-32(24)2)34(19)23(16-7-5-4-6-8-16)17-9-11-36-12-10-17/h4-8,13-14,17,23H,9-12H2,1-3H3,(H2,27,35). The Morgan fingerprint density at radius 2 is 1.86 bits per heavy atom. The first-order chi connectivity index (χ1) is 17.5. The molecule has 0 saturated carbocycles. The zero-order valence-corrected chi connectivity index (χ0v) is 20.5. The summed E-state index contributed by atoms with van der Waals surface area (Å²) in [7, 11) is 3.70. The number of benzene rings is 1. The van der Waals surface area contributed by atoms with Crippen LogP contribution in [-0.4, -0.2) is 53.4 Å². The Morgan fingerprint density at radius 3 is 2.53 bits per heavy atom. The smallest absolute Gasteiger partial charge is 0.271 e. The molecule has 10 nitrogen and oxygen atoms in total. The molecule has 6 rings (SSSR count). The van der Waals surface area contributed by atoms with Crippen LogP contribution in [0.15, 0.2) is 42.6 Å². The maximum Gasteiger partial charge on any atom is 0.271 e. The van der Waals surface area contributed by atoms with Crippen molar-refractivity contribution in [2.24, 2.45) is 25.7 Å². The van der Waals surface area contributed by atoms with Gasteiger partial charge in [0.1, 0.15) is 16.6 Å². The van der Waals surface area contributed by atoms with E-state index < -0.39 is 5.91 Å². The zero-order valence-electron chi connectivity index (χ0n) is 20.5. The van der Waals surface area contributed by atoms with Crippen molar-refractivity contribution >= 4 is 28.0 Å². The monoisotopic (exact) mass is 484 g/mol. The molecule has 36 heavy (non-hydrogen) atoms. The van der Waals surface area contributed by atoms with Crippen LogP contribution in [0.3, 0.4) is 0 Å². The summed E-state index contributed by atoms with van der Waals surface area (Å²) in [6, 6.07) is 12.5. The molecule has 1 unspecified atom stereocenters. The van der Waals surface area contributed by atoms with Crippen LogP contribution in [-0.2, 0) is 18.8 Å². The number of amides is 1. The van der Waals surface area contributed by atoms with Gasteiger partial charge in [0.05, 0.1) is 22.9 Å². The van der Waals surface area contributed by atoms with E-state index >= 15 is 0 Å². The van der Waals surface area contributed by atoms with E-state index in [0.717, 1.165) is 51.9 Å². The first-order valence-corrected chi connectivity index (χ1v) is 12.1. The van der Waals surface area contributed by atoms with Gasteiger partial charge < -0.3 is 15.0 Å². The summed E-state index contributed by atoms with van der Waals surface area (Å²) in [5.74, 6) is -0.264. The highest BCUT2D eigenvalue weighted by molar-refractivity contribution is 6.12. The minimum Gasteiger partial charge on any atom is -0.381 e. The number of carbonyl (C=O) groups excluding carboxylic acids is 1. The van der Waals surface area contributed by atoms with Gasteiger partial charge in [-0.25, -0.2) is 4.68 Å². The molecule has 0 spiro atoms. The summed E-state index contributed by atoms with van der Waals surface area (Å²) in [4.78, 5) is 17.5. The Kier molecular flexibility index (Phi) is 5.33. The average Bonchev–Trinajstić information content (AvgIpc) is 3.52. The Bertz CT molecular complexity index is 1570. The van der Waals surface area contributed by atoms with Gasteiger partial charge in [0.25, 0.3) is 5.91 Å². The van der Waals surface area contributed by atoms with Gasteiger partial charge in [-0.3, -0.25) is 14.5 Å².